The van der Waals surface area contributed by atoms with Crippen LogP contribution in [0.5, 0.6) is 0 Å². The minimum absolute atomic E-state index is 0.0286. The highest BCUT2D eigenvalue weighted by molar-refractivity contribution is 9.09. The average Bonchev–Trinajstić information content (AvgIpc) is 3.64. The molecule has 2 aromatic carbocycles. The Hall–Kier alpha value is -3.51. The van der Waals surface area contributed by atoms with Crippen LogP contribution in [0.15, 0.2) is 79.9 Å². The van der Waals surface area contributed by atoms with Crippen molar-refractivity contribution in [3.8, 4) is 0 Å². The van der Waals surface area contributed by atoms with Gasteiger partial charge in [0.05, 0.1) is 31.1 Å². The van der Waals surface area contributed by atoms with Gasteiger partial charge in [-0.3, -0.25) is 19.2 Å². The second-order valence-electron chi connectivity index (χ2n) is 11.6. The first-order chi connectivity index (χ1) is 22.2. The zero-order valence-electron chi connectivity index (χ0n) is 25.2. The number of aliphatic hydroxyl groups is 1. The molecule has 1 spiro atoms. The normalized spacial score (nSPS) is 26.7. The van der Waals surface area contributed by atoms with E-state index in [9.17, 15) is 24.3 Å². The average molecular weight is 715 g/mol. The largest absolute Gasteiger partial charge is 0.455 e. The topological polar surface area (TPSA) is 125 Å². The first-order valence-corrected chi connectivity index (χ1v) is 16.5. The van der Waals surface area contributed by atoms with Gasteiger partial charge in [0.15, 0.2) is 0 Å². The van der Waals surface area contributed by atoms with E-state index in [0.717, 1.165) is 0 Å². The number of allylic oxidation sites excluding steroid dienone is 1. The van der Waals surface area contributed by atoms with E-state index in [1.165, 1.54) is 9.80 Å². The van der Waals surface area contributed by atoms with Gasteiger partial charge in [-0.25, -0.2) is 0 Å². The summed E-state index contributed by atoms with van der Waals surface area (Å²) >= 11 is 9.77. The predicted octanol–water partition coefficient (Wildman–Crippen LogP) is 3.97. The van der Waals surface area contributed by atoms with Crippen LogP contribution in [0.2, 0.25) is 5.02 Å². The summed E-state index contributed by atoms with van der Waals surface area (Å²) in [4.78, 5) is 57.6. The molecular weight excluding hydrogens is 678 g/mol. The molecule has 244 valence electrons. The molecule has 5 rings (SSSR count). The van der Waals surface area contributed by atoms with Crippen molar-refractivity contribution in [1.29, 1.82) is 0 Å². The monoisotopic (exact) mass is 713 g/mol. The van der Waals surface area contributed by atoms with E-state index in [-0.39, 0.29) is 36.8 Å². The molecule has 3 saturated heterocycles. The van der Waals surface area contributed by atoms with Crippen LogP contribution in [0.3, 0.4) is 0 Å². The number of benzene rings is 2. The van der Waals surface area contributed by atoms with Crippen molar-refractivity contribution in [2.24, 2.45) is 11.8 Å². The molecule has 3 amide bonds. The Morgan fingerprint density at radius 3 is 2.54 bits per heavy atom. The number of nitrogens with zero attached hydrogens (tertiary/aromatic N) is 2. The Morgan fingerprint density at radius 2 is 1.89 bits per heavy atom. The minimum atomic E-state index is -1.35. The zero-order valence-corrected chi connectivity index (χ0v) is 27.6. The molecule has 46 heavy (non-hydrogen) atoms. The van der Waals surface area contributed by atoms with Crippen molar-refractivity contribution in [3.05, 3.63) is 90.5 Å². The van der Waals surface area contributed by atoms with Gasteiger partial charge in [-0.05, 0) is 42.7 Å². The fourth-order valence-electron chi connectivity index (χ4n) is 6.89. The van der Waals surface area contributed by atoms with Crippen molar-refractivity contribution in [2.75, 3.05) is 31.1 Å². The SMILES string of the molecule is C=CCCC(=O)NC[C@@H](OC(=O)[C@H]1[C@@H]2O[C@@]3(CC2Br)[C@@H]1C(=O)N(CCO)[C@@H]3C(=O)N(CC=C)c1ccc(Cl)cc1)c1ccccc1. The molecule has 3 heterocycles. The maximum Gasteiger partial charge on any atom is 0.313 e. The van der Waals surface area contributed by atoms with Gasteiger partial charge in [-0.15, -0.1) is 13.2 Å². The lowest BCUT2D eigenvalue weighted by Crippen LogP contribution is -2.57. The van der Waals surface area contributed by atoms with E-state index in [4.69, 9.17) is 21.1 Å². The Balaban J connectivity index is 1.46. The first kappa shape index (κ1) is 33.8. The summed E-state index contributed by atoms with van der Waals surface area (Å²) in [6, 6.07) is 14.6. The van der Waals surface area contributed by atoms with Gasteiger partial charge in [0.2, 0.25) is 11.8 Å². The van der Waals surface area contributed by atoms with Crippen LogP contribution in [-0.2, 0) is 28.7 Å². The summed E-state index contributed by atoms with van der Waals surface area (Å²) in [5.41, 5.74) is -0.131. The van der Waals surface area contributed by atoms with Crippen molar-refractivity contribution < 1.29 is 33.8 Å². The third-order valence-corrected chi connectivity index (χ3v) is 9.94. The fourth-order valence-corrected chi connectivity index (χ4v) is 7.96. The lowest BCUT2D eigenvalue weighted by atomic mass is 9.70. The Kier molecular flexibility index (Phi) is 10.7. The molecule has 2 aromatic rings. The molecule has 0 radical (unpaired) electrons. The van der Waals surface area contributed by atoms with Crippen molar-refractivity contribution >= 4 is 56.9 Å². The number of aliphatic hydroxyl groups excluding tert-OH is 1. The lowest BCUT2D eigenvalue weighted by molar-refractivity contribution is -0.160. The minimum Gasteiger partial charge on any atom is -0.455 e. The van der Waals surface area contributed by atoms with Crippen LogP contribution in [0.1, 0.15) is 30.9 Å². The number of likely N-dealkylation sites (tertiary alicyclic amines) is 1. The molecule has 7 atom stereocenters. The van der Waals surface area contributed by atoms with Crippen LogP contribution < -0.4 is 10.2 Å². The van der Waals surface area contributed by atoms with Gasteiger partial charge in [0, 0.05) is 35.0 Å². The Bertz CT molecular complexity index is 1470. The van der Waals surface area contributed by atoms with Gasteiger partial charge >= 0.3 is 5.97 Å². The number of esters is 1. The molecule has 0 saturated carbocycles. The number of β-amino-alcohol motifs (C(OH)–C–C–N with tert-alkyl or cyclic N) is 1. The van der Waals surface area contributed by atoms with E-state index < -0.39 is 60.1 Å². The number of alkyl halides is 1. The quantitative estimate of drug-likeness (QED) is 0.173. The summed E-state index contributed by atoms with van der Waals surface area (Å²) in [6.45, 7) is 7.10. The van der Waals surface area contributed by atoms with E-state index in [2.05, 4.69) is 34.4 Å². The van der Waals surface area contributed by atoms with Crippen molar-refractivity contribution in [1.82, 2.24) is 10.2 Å². The number of hydrogen-bond donors (Lipinski definition) is 2. The van der Waals surface area contributed by atoms with Crippen molar-refractivity contribution in [2.45, 2.75) is 47.9 Å². The molecule has 2 bridgehead atoms. The lowest BCUT2D eigenvalue weighted by Gasteiger charge is -2.37. The summed E-state index contributed by atoms with van der Waals surface area (Å²) in [7, 11) is 0. The second kappa shape index (κ2) is 14.5. The Morgan fingerprint density at radius 1 is 1.17 bits per heavy atom. The number of carbonyl (C=O) groups is 4. The van der Waals surface area contributed by atoms with E-state index >= 15 is 0 Å². The van der Waals surface area contributed by atoms with Gasteiger partial charge in [0.25, 0.3) is 5.91 Å². The van der Waals surface area contributed by atoms with E-state index in [1.54, 1.807) is 60.7 Å². The Labute approximate surface area is 281 Å². The highest BCUT2D eigenvalue weighted by atomic mass is 79.9. The number of carbonyl (C=O) groups excluding carboxylic acids is 4. The van der Waals surface area contributed by atoms with Crippen LogP contribution in [0, 0.1) is 11.8 Å². The molecule has 1 unspecified atom stereocenters. The molecule has 10 nitrogen and oxygen atoms in total. The maximum absolute atomic E-state index is 14.5. The third kappa shape index (κ3) is 6.38. The highest BCUT2D eigenvalue weighted by Crippen LogP contribution is 2.60. The zero-order chi connectivity index (χ0) is 33.0. The number of nitrogens with one attached hydrogen (secondary N) is 1. The predicted molar refractivity (Wildman–Crippen MR) is 176 cm³/mol. The molecule has 2 N–H and O–H groups in total. The third-order valence-electron chi connectivity index (χ3n) is 8.84. The van der Waals surface area contributed by atoms with E-state index in [1.807, 2.05) is 6.07 Å². The van der Waals surface area contributed by atoms with Crippen LogP contribution in [0.25, 0.3) is 0 Å². The van der Waals surface area contributed by atoms with Gasteiger partial charge in [-0.1, -0.05) is 70.0 Å². The summed E-state index contributed by atoms with van der Waals surface area (Å²) < 4.78 is 12.6. The number of ether oxygens (including phenoxy) is 2. The van der Waals surface area contributed by atoms with Gasteiger partial charge in [-0.2, -0.15) is 0 Å². The van der Waals surface area contributed by atoms with Crippen LogP contribution in [-0.4, -0.2) is 82.5 Å². The molecule has 0 aliphatic carbocycles. The van der Waals surface area contributed by atoms with E-state index in [0.29, 0.717) is 29.1 Å². The summed E-state index contributed by atoms with van der Waals surface area (Å²) in [6.07, 6.45) is 2.70. The molecule has 12 heteroatoms. The van der Waals surface area contributed by atoms with Gasteiger partial charge < -0.3 is 29.7 Å². The number of halogens is 2. The highest BCUT2D eigenvalue weighted by Gasteiger charge is 2.77. The second-order valence-corrected chi connectivity index (χ2v) is 13.2. The number of fused-ring (bicyclic) bond motifs is 1. The maximum atomic E-state index is 14.5. The smallest absolute Gasteiger partial charge is 0.313 e. The molecular formula is C34H37BrClN3O7. The van der Waals surface area contributed by atoms with Crippen LogP contribution >= 0.6 is 27.5 Å². The molecule has 3 aliphatic rings. The summed E-state index contributed by atoms with van der Waals surface area (Å²) in [5.74, 6) is -3.81. The fraction of sp³-hybridized carbons (Fsp3) is 0.412. The molecule has 3 fully saturated rings. The number of amides is 3. The molecule has 0 aromatic heterocycles. The summed E-state index contributed by atoms with van der Waals surface area (Å²) in [5, 5.41) is 13.3. The molecule has 3 aliphatic heterocycles. The first-order valence-electron chi connectivity index (χ1n) is 15.2. The number of rotatable bonds is 14. The van der Waals surface area contributed by atoms with Gasteiger partial charge in [0.1, 0.15) is 17.7 Å². The number of hydrogen-bond acceptors (Lipinski definition) is 7. The van der Waals surface area contributed by atoms with Crippen LogP contribution in [0.4, 0.5) is 5.69 Å². The standard InChI is InChI=1S/C34H37BrClN3O7/c1-3-5-11-26(41)37-20-25(21-9-7-6-8-10-21)45-33(44)27-28-31(42)39(17-18-40)30(34(28)19-24(35)29(27)46-34)32(43)38(16-4-2)23-14-12-22(36)13-15-23/h3-4,6-10,12-15,24-25,27-30,40H,1-2,5,11,16-20H2,(H,37,41)/t24?,25-,27-,28+,29-,30-,34+/m1/s1. The van der Waals surface area contributed by atoms with Crippen molar-refractivity contribution in [3.63, 3.8) is 0 Å². The number of anilines is 1.